The van der Waals surface area contributed by atoms with Crippen LogP contribution >= 0.6 is 0 Å². The van der Waals surface area contributed by atoms with Crippen molar-refractivity contribution in [1.29, 1.82) is 0 Å². The van der Waals surface area contributed by atoms with Crippen molar-refractivity contribution in [2.75, 3.05) is 11.9 Å². The number of rotatable bonds is 5. The van der Waals surface area contributed by atoms with Crippen molar-refractivity contribution in [3.8, 4) is 5.75 Å². The van der Waals surface area contributed by atoms with Gasteiger partial charge in [-0.3, -0.25) is 9.59 Å². The summed E-state index contributed by atoms with van der Waals surface area (Å²) in [5.41, 5.74) is 2.74. The van der Waals surface area contributed by atoms with Gasteiger partial charge in [0.05, 0.1) is 18.7 Å². The summed E-state index contributed by atoms with van der Waals surface area (Å²) in [7, 11) is 1.73. The van der Waals surface area contributed by atoms with Crippen molar-refractivity contribution < 1.29 is 23.1 Å². The Balaban J connectivity index is 1.68. The molecule has 1 N–H and O–H groups in total. The molecule has 6 nitrogen and oxygen atoms in total. The third-order valence-corrected chi connectivity index (χ3v) is 4.22. The molecule has 1 aliphatic heterocycles. The average Bonchev–Trinajstić information content (AvgIpc) is 2.88. The van der Waals surface area contributed by atoms with Crippen molar-refractivity contribution in [3.63, 3.8) is 0 Å². The van der Waals surface area contributed by atoms with Crippen molar-refractivity contribution in [2.45, 2.75) is 26.0 Å². The standard InChI is InChI=1S/C18H17F2N3O3/c1-10(11-3-6-15-12(7-11)8-16(24)23(15)2)22-17(25)14-5-4-13(9-21-14)26-18(19)20/h3-7,9-10,18H,8H2,1-2H3,(H,22,25). The van der Waals surface area contributed by atoms with Crippen LogP contribution in [0.2, 0.25) is 0 Å². The molecule has 2 heterocycles. The Bertz CT molecular complexity index is 840. The van der Waals surface area contributed by atoms with Crippen molar-refractivity contribution in [3.05, 3.63) is 53.3 Å². The van der Waals surface area contributed by atoms with Crippen LogP contribution in [-0.4, -0.2) is 30.5 Å². The summed E-state index contributed by atoms with van der Waals surface area (Å²) in [5, 5.41) is 2.80. The lowest BCUT2D eigenvalue weighted by Crippen LogP contribution is -2.27. The maximum atomic E-state index is 12.3. The number of anilines is 1. The lowest BCUT2D eigenvalue weighted by Gasteiger charge is -2.16. The highest BCUT2D eigenvalue weighted by Crippen LogP contribution is 2.30. The summed E-state index contributed by atoms with van der Waals surface area (Å²) in [4.78, 5) is 29.5. The van der Waals surface area contributed by atoms with Gasteiger partial charge in [-0.05, 0) is 36.2 Å². The minimum atomic E-state index is -2.94. The molecule has 0 aliphatic carbocycles. The Morgan fingerprint density at radius 2 is 2.08 bits per heavy atom. The molecule has 3 rings (SSSR count). The number of alkyl halides is 2. The lowest BCUT2D eigenvalue weighted by atomic mass is 10.0. The maximum Gasteiger partial charge on any atom is 0.387 e. The predicted molar refractivity (Wildman–Crippen MR) is 90.3 cm³/mol. The first-order chi connectivity index (χ1) is 12.3. The SMILES string of the molecule is CC(NC(=O)c1ccc(OC(F)F)cn1)c1ccc2c(c1)CC(=O)N2C. The molecule has 1 atom stereocenters. The fraction of sp³-hybridized carbons (Fsp3) is 0.278. The van der Waals surface area contributed by atoms with Gasteiger partial charge in [-0.15, -0.1) is 0 Å². The van der Waals surface area contributed by atoms with Crippen LogP contribution in [0.25, 0.3) is 0 Å². The van der Waals surface area contributed by atoms with Crippen LogP contribution < -0.4 is 15.0 Å². The van der Waals surface area contributed by atoms with Gasteiger partial charge in [-0.25, -0.2) is 4.98 Å². The smallest absolute Gasteiger partial charge is 0.387 e. The number of carbonyl (C=O) groups excluding carboxylic acids is 2. The van der Waals surface area contributed by atoms with E-state index in [-0.39, 0.29) is 23.4 Å². The summed E-state index contributed by atoms with van der Waals surface area (Å²) in [6.07, 6.45) is 1.41. The van der Waals surface area contributed by atoms with Gasteiger partial charge in [-0.1, -0.05) is 12.1 Å². The number of likely N-dealkylation sites (N-methyl/N-ethyl adjacent to an activating group) is 1. The van der Waals surface area contributed by atoms with E-state index < -0.39 is 12.5 Å². The third-order valence-electron chi connectivity index (χ3n) is 4.22. The van der Waals surface area contributed by atoms with Crippen molar-refractivity contribution in [2.24, 2.45) is 0 Å². The van der Waals surface area contributed by atoms with Gasteiger partial charge in [-0.2, -0.15) is 8.78 Å². The van der Waals surface area contributed by atoms with Crippen LogP contribution in [0.4, 0.5) is 14.5 Å². The Kier molecular flexibility index (Phi) is 4.83. The molecule has 0 saturated heterocycles. The Hall–Kier alpha value is -3.03. The minimum absolute atomic E-state index is 0.0316. The highest BCUT2D eigenvalue weighted by molar-refractivity contribution is 6.01. The molecule has 26 heavy (non-hydrogen) atoms. The molecule has 2 aromatic rings. The summed E-state index contributed by atoms with van der Waals surface area (Å²) in [6, 6.07) is 7.87. The molecule has 0 saturated carbocycles. The number of hydrogen-bond donors (Lipinski definition) is 1. The van der Waals surface area contributed by atoms with E-state index in [1.54, 1.807) is 11.9 Å². The molecule has 2 amide bonds. The molecule has 136 valence electrons. The molecule has 0 radical (unpaired) electrons. The van der Waals surface area contributed by atoms with Crippen LogP contribution in [0.15, 0.2) is 36.5 Å². The number of amides is 2. The van der Waals surface area contributed by atoms with Crippen LogP contribution in [0, 0.1) is 0 Å². The Morgan fingerprint density at radius 1 is 1.31 bits per heavy atom. The average molecular weight is 361 g/mol. The topological polar surface area (TPSA) is 71.5 Å². The van der Waals surface area contributed by atoms with Crippen LogP contribution in [-0.2, 0) is 11.2 Å². The highest BCUT2D eigenvalue weighted by atomic mass is 19.3. The summed E-state index contributed by atoms with van der Waals surface area (Å²) in [6.45, 7) is -1.13. The first-order valence-corrected chi connectivity index (χ1v) is 7.96. The summed E-state index contributed by atoms with van der Waals surface area (Å²) >= 11 is 0. The summed E-state index contributed by atoms with van der Waals surface area (Å²) < 4.78 is 28.5. The second kappa shape index (κ2) is 7.07. The fourth-order valence-corrected chi connectivity index (χ4v) is 2.80. The number of hydrogen-bond acceptors (Lipinski definition) is 4. The molecule has 0 fully saturated rings. The zero-order chi connectivity index (χ0) is 18.8. The number of halogens is 2. The van der Waals surface area contributed by atoms with E-state index in [2.05, 4.69) is 15.0 Å². The van der Waals surface area contributed by atoms with Gasteiger partial charge in [0.2, 0.25) is 5.91 Å². The van der Waals surface area contributed by atoms with Crippen molar-refractivity contribution >= 4 is 17.5 Å². The highest BCUT2D eigenvalue weighted by Gasteiger charge is 2.24. The van der Waals surface area contributed by atoms with Crippen molar-refractivity contribution in [1.82, 2.24) is 10.3 Å². The fourth-order valence-electron chi connectivity index (χ4n) is 2.80. The monoisotopic (exact) mass is 361 g/mol. The zero-order valence-electron chi connectivity index (χ0n) is 14.2. The van der Waals surface area contributed by atoms with E-state index in [1.165, 1.54) is 12.1 Å². The zero-order valence-corrected chi connectivity index (χ0v) is 14.2. The largest absolute Gasteiger partial charge is 0.433 e. The first-order valence-electron chi connectivity index (χ1n) is 7.96. The number of benzene rings is 1. The second-order valence-electron chi connectivity index (χ2n) is 5.97. The van der Waals surface area contributed by atoms with Gasteiger partial charge in [0.15, 0.2) is 0 Å². The third kappa shape index (κ3) is 3.63. The number of nitrogens with zero attached hydrogens (tertiary/aromatic N) is 2. The number of aromatic nitrogens is 1. The van der Waals surface area contributed by atoms with E-state index in [9.17, 15) is 18.4 Å². The van der Waals surface area contributed by atoms with Gasteiger partial charge < -0.3 is 15.0 Å². The van der Waals surface area contributed by atoms with Crippen LogP contribution in [0.3, 0.4) is 0 Å². The number of carbonyl (C=O) groups is 2. The number of fused-ring (bicyclic) bond motifs is 1. The van der Waals surface area contributed by atoms with Gasteiger partial charge in [0.1, 0.15) is 11.4 Å². The second-order valence-corrected chi connectivity index (χ2v) is 5.97. The molecule has 8 heteroatoms. The Morgan fingerprint density at radius 3 is 2.73 bits per heavy atom. The number of pyridine rings is 1. The molecular weight excluding hydrogens is 344 g/mol. The first kappa shape index (κ1) is 17.8. The minimum Gasteiger partial charge on any atom is -0.433 e. The molecule has 1 unspecified atom stereocenters. The molecular formula is C18H17F2N3O3. The molecule has 1 aromatic carbocycles. The van der Waals surface area contributed by atoms with Gasteiger partial charge >= 0.3 is 6.61 Å². The van der Waals surface area contributed by atoms with Gasteiger partial charge in [0.25, 0.3) is 5.91 Å². The van der Waals surface area contributed by atoms with E-state index in [1.807, 2.05) is 25.1 Å². The normalized spacial score (nSPS) is 14.3. The Labute approximate surface area is 148 Å². The molecule has 1 aliphatic rings. The molecule has 0 spiro atoms. The van der Waals surface area contributed by atoms with Crippen LogP contribution in [0.1, 0.15) is 34.6 Å². The molecule has 1 aromatic heterocycles. The summed E-state index contributed by atoms with van der Waals surface area (Å²) in [5.74, 6) is -0.518. The van der Waals surface area contributed by atoms with E-state index >= 15 is 0 Å². The van der Waals surface area contributed by atoms with Gasteiger partial charge in [0, 0.05) is 12.7 Å². The number of nitrogens with one attached hydrogen (secondary N) is 1. The lowest BCUT2D eigenvalue weighted by molar-refractivity contribution is -0.117. The van der Waals surface area contributed by atoms with E-state index in [4.69, 9.17) is 0 Å². The molecule has 0 bridgehead atoms. The predicted octanol–water partition coefficient (Wildman–Crippen LogP) is 2.69. The van der Waals surface area contributed by atoms with Crippen LogP contribution in [0.5, 0.6) is 5.75 Å². The quantitative estimate of drug-likeness (QED) is 0.889. The van der Waals surface area contributed by atoms with E-state index in [0.29, 0.717) is 6.42 Å². The number of ether oxygens (including phenoxy) is 1. The maximum absolute atomic E-state index is 12.3. The van der Waals surface area contributed by atoms with E-state index in [0.717, 1.165) is 23.0 Å².